The van der Waals surface area contributed by atoms with E-state index in [9.17, 15) is 4.79 Å². The first-order valence-corrected chi connectivity index (χ1v) is 3.37. The van der Waals surface area contributed by atoms with Crippen molar-refractivity contribution in [2.75, 3.05) is 20.1 Å². The van der Waals surface area contributed by atoms with E-state index in [-0.39, 0.29) is 11.9 Å². The lowest BCUT2D eigenvalue weighted by atomic mass is 10.3. The zero-order valence-electron chi connectivity index (χ0n) is 6.48. The summed E-state index contributed by atoms with van der Waals surface area (Å²) in [5.41, 5.74) is 5.18. The Morgan fingerprint density at radius 2 is 2.30 bits per heavy atom. The Morgan fingerprint density at radius 3 is 2.70 bits per heavy atom. The van der Waals surface area contributed by atoms with E-state index in [1.807, 2.05) is 0 Å². The number of nitrogens with one attached hydrogen (secondary N) is 2. The van der Waals surface area contributed by atoms with Crippen LogP contribution < -0.4 is 16.4 Å². The average molecular weight is 145 g/mol. The Morgan fingerprint density at radius 1 is 1.70 bits per heavy atom. The van der Waals surface area contributed by atoms with Crippen LogP contribution >= 0.6 is 0 Å². The summed E-state index contributed by atoms with van der Waals surface area (Å²) in [6.45, 7) is 2.83. The van der Waals surface area contributed by atoms with Crippen molar-refractivity contribution < 1.29 is 4.79 Å². The first-order chi connectivity index (χ1) is 4.72. The van der Waals surface area contributed by atoms with Gasteiger partial charge >= 0.3 is 0 Å². The highest BCUT2D eigenvalue weighted by Gasteiger charge is 2.07. The Balaban J connectivity index is 3.42. The molecule has 1 unspecified atom stereocenters. The van der Waals surface area contributed by atoms with E-state index in [0.29, 0.717) is 13.1 Å². The highest BCUT2D eigenvalue weighted by atomic mass is 16.2. The molecule has 1 amide bonds. The van der Waals surface area contributed by atoms with Gasteiger partial charge < -0.3 is 16.4 Å². The van der Waals surface area contributed by atoms with Gasteiger partial charge in [-0.15, -0.1) is 0 Å². The maximum Gasteiger partial charge on any atom is 0.236 e. The second kappa shape index (κ2) is 5.20. The van der Waals surface area contributed by atoms with E-state index in [1.54, 1.807) is 14.0 Å². The largest absolute Gasteiger partial charge is 0.353 e. The van der Waals surface area contributed by atoms with Crippen LogP contribution in [0.3, 0.4) is 0 Å². The molecular weight excluding hydrogens is 130 g/mol. The second-order valence-electron chi connectivity index (χ2n) is 2.09. The minimum Gasteiger partial charge on any atom is -0.353 e. The molecule has 4 heteroatoms. The van der Waals surface area contributed by atoms with Crippen LogP contribution in [0.15, 0.2) is 0 Å². The molecule has 0 aliphatic carbocycles. The fraction of sp³-hybridized carbons (Fsp3) is 0.833. The summed E-state index contributed by atoms with van der Waals surface area (Å²) in [4.78, 5) is 10.9. The van der Waals surface area contributed by atoms with Gasteiger partial charge in [0, 0.05) is 13.1 Å². The molecule has 0 fully saturated rings. The molecule has 0 aromatic rings. The maximum absolute atomic E-state index is 10.9. The predicted octanol–water partition coefficient (Wildman–Crippen LogP) is -1.33. The van der Waals surface area contributed by atoms with Gasteiger partial charge in [0.25, 0.3) is 0 Å². The van der Waals surface area contributed by atoms with Crippen molar-refractivity contribution in [3.63, 3.8) is 0 Å². The molecule has 0 heterocycles. The highest BCUT2D eigenvalue weighted by molar-refractivity contribution is 5.81. The molecule has 1 atom stereocenters. The van der Waals surface area contributed by atoms with Crippen LogP contribution in [0.1, 0.15) is 6.92 Å². The van der Waals surface area contributed by atoms with Crippen LogP contribution in [0, 0.1) is 0 Å². The summed E-state index contributed by atoms with van der Waals surface area (Å²) < 4.78 is 0. The molecular formula is C6H15N3O. The Labute approximate surface area is 61.2 Å². The first kappa shape index (κ1) is 9.39. The van der Waals surface area contributed by atoms with Crippen LogP contribution in [0.2, 0.25) is 0 Å². The highest BCUT2D eigenvalue weighted by Crippen LogP contribution is 1.76. The molecule has 0 radical (unpaired) electrons. The average Bonchev–Trinajstić information content (AvgIpc) is 1.98. The summed E-state index contributed by atoms with van der Waals surface area (Å²) in [6, 6.07) is -0.133. The number of rotatable bonds is 4. The zero-order valence-corrected chi connectivity index (χ0v) is 6.48. The van der Waals surface area contributed by atoms with E-state index < -0.39 is 0 Å². The van der Waals surface area contributed by atoms with Gasteiger partial charge in [0.2, 0.25) is 5.91 Å². The van der Waals surface area contributed by atoms with Gasteiger partial charge in [0.15, 0.2) is 0 Å². The van der Waals surface area contributed by atoms with E-state index in [2.05, 4.69) is 10.6 Å². The Bertz CT molecular complexity index is 105. The predicted molar refractivity (Wildman–Crippen MR) is 40.6 cm³/mol. The molecule has 4 nitrogen and oxygen atoms in total. The summed E-state index contributed by atoms with van der Waals surface area (Å²) in [6.07, 6.45) is 0. The van der Waals surface area contributed by atoms with Crippen LogP contribution in [-0.4, -0.2) is 32.1 Å². The van der Waals surface area contributed by atoms with Gasteiger partial charge in [-0.25, -0.2) is 0 Å². The van der Waals surface area contributed by atoms with Crippen molar-refractivity contribution in [2.24, 2.45) is 5.73 Å². The molecule has 0 bridgehead atoms. The van der Waals surface area contributed by atoms with Crippen molar-refractivity contribution in [2.45, 2.75) is 13.0 Å². The third kappa shape index (κ3) is 3.42. The molecule has 10 heavy (non-hydrogen) atoms. The molecule has 0 aromatic carbocycles. The van der Waals surface area contributed by atoms with Crippen molar-refractivity contribution in [3.8, 4) is 0 Å². The summed E-state index contributed by atoms with van der Waals surface area (Å²) in [5.74, 6) is -0.00653. The maximum atomic E-state index is 10.9. The lowest BCUT2D eigenvalue weighted by Crippen LogP contribution is -2.42. The topological polar surface area (TPSA) is 67.2 Å². The molecule has 0 aliphatic heterocycles. The normalized spacial score (nSPS) is 12.7. The number of carbonyl (C=O) groups is 1. The van der Waals surface area contributed by atoms with E-state index in [4.69, 9.17) is 5.73 Å². The standard InChI is InChI=1S/C6H15N3O/c1-5(8-2)6(10)9-4-3-7/h5,8H,3-4,7H2,1-2H3,(H,9,10). The first-order valence-electron chi connectivity index (χ1n) is 3.37. The van der Waals surface area contributed by atoms with Gasteiger partial charge in [-0.3, -0.25) is 4.79 Å². The monoisotopic (exact) mass is 145 g/mol. The number of carbonyl (C=O) groups excluding carboxylic acids is 1. The van der Waals surface area contributed by atoms with Crippen LogP contribution in [0.5, 0.6) is 0 Å². The lowest BCUT2D eigenvalue weighted by Gasteiger charge is -2.09. The van der Waals surface area contributed by atoms with Crippen LogP contribution in [0.25, 0.3) is 0 Å². The summed E-state index contributed by atoms with van der Waals surface area (Å²) >= 11 is 0. The molecule has 0 aliphatic rings. The SMILES string of the molecule is CNC(C)C(=O)NCCN. The molecule has 0 saturated heterocycles. The van der Waals surface area contributed by atoms with Crippen LogP contribution in [0.4, 0.5) is 0 Å². The van der Waals surface area contributed by atoms with E-state index >= 15 is 0 Å². The van der Waals surface area contributed by atoms with Crippen molar-refractivity contribution >= 4 is 5.91 Å². The summed E-state index contributed by atoms with van der Waals surface area (Å²) in [7, 11) is 1.74. The van der Waals surface area contributed by atoms with Crippen molar-refractivity contribution in [3.05, 3.63) is 0 Å². The van der Waals surface area contributed by atoms with Gasteiger partial charge in [-0.05, 0) is 14.0 Å². The van der Waals surface area contributed by atoms with Gasteiger partial charge in [0.05, 0.1) is 6.04 Å². The van der Waals surface area contributed by atoms with Crippen LogP contribution in [-0.2, 0) is 4.79 Å². The molecule has 0 aromatic heterocycles. The smallest absolute Gasteiger partial charge is 0.236 e. The third-order valence-corrected chi connectivity index (χ3v) is 1.27. The lowest BCUT2D eigenvalue weighted by molar-refractivity contribution is -0.122. The molecule has 0 saturated carbocycles. The van der Waals surface area contributed by atoms with Crippen molar-refractivity contribution in [1.29, 1.82) is 0 Å². The fourth-order valence-corrected chi connectivity index (χ4v) is 0.480. The Hall–Kier alpha value is -0.610. The Kier molecular flexibility index (Phi) is 4.88. The van der Waals surface area contributed by atoms with Crippen molar-refractivity contribution in [1.82, 2.24) is 10.6 Å². The fourth-order valence-electron chi connectivity index (χ4n) is 0.480. The van der Waals surface area contributed by atoms with E-state index in [1.165, 1.54) is 0 Å². The molecule has 60 valence electrons. The summed E-state index contributed by atoms with van der Waals surface area (Å²) in [5, 5.41) is 5.48. The number of likely N-dealkylation sites (N-methyl/N-ethyl adjacent to an activating group) is 1. The van der Waals surface area contributed by atoms with Gasteiger partial charge in [0.1, 0.15) is 0 Å². The molecule has 4 N–H and O–H groups in total. The number of hydrogen-bond acceptors (Lipinski definition) is 3. The second-order valence-corrected chi connectivity index (χ2v) is 2.09. The van der Waals surface area contributed by atoms with Gasteiger partial charge in [-0.1, -0.05) is 0 Å². The minimum absolute atomic E-state index is 0.00653. The minimum atomic E-state index is -0.133. The number of amides is 1. The van der Waals surface area contributed by atoms with Gasteiger partial charge in [-0.2, -0.15) is 0 Å². The number of nitrogens with two attached hydrogens (primary N) is 1. The molecule has 0 rings (SSSR count). The number of hydrogen-bond donors (Lipinski definition) is 3. The quantitative estimate of drug-likeness (QED) is 0.459. The zero-order chi connectivity index (χ0) is 7.98. The third-order valence-electron chi connectivity index (χ3n) is 1.27. The van der Waals surface area contributed by atoms with E-state index in [0.717, 1.165) is 0 Å². The molecule has 0 spiro atoms.